The van der Waals surface area contributed by atoms with Crippen molar-refractivity contribution in [1.29, 1.82) is 0 Å². The van der Waals surface area contributed by atoms with Crippen LogP contribution in [-0.2, 0) is 14.9 Å². The number of carbonyl (C=O) groups is 1. The summed E-state index contributed by atoms with van der Waals surface area (Å²) in [4.78, 5) is 13.3. The van der Waals surface area contributed by atoms with E-state index in [1.54, 1.807) is 36.4 Å². The van der Waals surface area contributed by atoms with E-state index in [1.807, 2.05) is 6.92 Å². The second-order valence-electron chi connectivity index (χ2n) is 9.53. The smallest absolute Gasteiger partial charge is 0.339 e. The van der Waals surface area contributed by atoms with E-state index in [9.17, 15) is 13.2 Å². The van der Waals surface area contributed by atoms with Gasteiger partial charge in [-0.25, -0.2) is 0 Å². The van der Waals surface area contributed by atoms with Gasteiger partial charge in [0.1, 0.15) is 10.6 Å². The van der Waals surface area contributed by atoms with Crippen molar-refractivity contribution in [1.82, 2.24) is 0 Å². The summed E-state index contributed by atoms with van der Waals surface area (Å²) in [6, 6.07) is 13.1. The fraction of sp³-hybridized carbons (Fsp3) is 0.458. The van der Waals surface area contributed by atoms with Gasteiger partial charge in [-0.2, -0.15) is 8.42 Å². The topological polar surface area (TPSA) is 72.5 Å². The highest BCUT2D eigenvalue weighted by atomic mass is 32.2. The van der Waals surface area contributed by atoms with Crippen molar-refractivity contribution in [3.8, 4) is 5.75 Å². The maximum atomic E-state index is 13.2. The fourth-order valence-corrected chi connectivity index (χ4v) is 7.06. The zero-order chi connectivity index (χ0) is 20.9. The zero-order valence-corrected chi connectivity index (χ0v) is 18.0. The van der Waals surface area contributed by atoms with Crippen LogP contribution in [0, 0.1) is 30.1 Å². The fourth-order valence-electron chi connectivity index (χ4n) is 6.13. The Morgan fingerprint density at radius 2 is 1.43 bits per heavy atom. The minimum absolute atomic E-state index is 0.118. The molecule has 0 unspecified atom stereocenters. The number of rotatable bonds is 5. The Morgan fingerprint density at radius 3 is 1.97 bits per heavy atom. The number of hydrogen-bond donors (Lipinski definition) is 1. The van der Waals surface area contributed by atoms with Crippen LogP contribution in [0.5, 0.6) is 5.75 Å². The standard InChI is InChI=1S/C24H27NO4S/c1-16-2-8-22(9-3-16)30(27,28)29-21-6-4-20(5-7-21)25-23(26)24-13-17-10-18(14-24)12-19(11-17)15-24/h2-9,17-19H,10-15H2,1H3,(H,25,26). The van der Waals surface area contributed by atoms with Crippen LogP contribution in [0.2, 0.25) is 0 Å². The molecular weight excluding hydrogens is 398 g/mol. The number of nitrogens with one attached hydrogen (secondary N) is 1. The molecule has 2 aromatic rings. The molecule has 4 bridgehead atoms. The molecule has 0 radical (unpaired) electrons. The van der Waals surface area contributed by atoms with Crippen molar-refractivity contribution in [2.45, 2.75) is 50.3 Å². The molecule has 0 aromatic heterocycles. The molecule has 1 amide bonds. The van der Waals surface area contributed by atoms with E-state index < -0.39 is 10.1 Å². The van der Waals surface area contributed by atoms with Crippen LogP contribution >= 0.6 is 0 Å². The molecule has 6 heteroatoms. The third-order valence-corrected chi connectivity index (χ3v) is 8.41. The molecule has 6 rings (SSSR count). The molecule has 0 spiro atoms. The molecule has 0 aliphatic heterocycles. The van der Waals surface area contributed by atoms with Crippen LogP contribution in [0.1, 0.15) is 44.1 Å². The van der Waals surface area contributed by atoms with E-state index in [0.29, 0.717) is 23.4 Å². The highest BCUT2D eigenvalue weighted by Gasteiger charge is 2.54. The van der Waals surface area contributed by atoms with Crippen LogP contribution in [0.3, 0.4) is 0 Å². The molecule has 2 aromatic carbocycles. The first-order valence-corrected chi connectivity index (χ1v) is 12.1. The van der Waals surface area contributed by atoms with Gasteiger partial charge in [-0.1, -0.05) is 17.7 Å². The molecule has 4 aliphatic rings. The van der Waals surface area contributed by atoms with Gasteiger partial charge in [-0.15, -0.1) is 0 Å². The van der Waals surface area contributed by atoms with Crippen molar-refractivity contribution in [3.63, 3.8) is 0 Å². The molecule has 30 heavy (non-hydrogen) atoms. The van der Waals surface area contributed by atoms with E-state index in [1.165, 1.54) is 31.4 Å². The molecule has 4 aliphatic carbocycles. The van der Waals surface area contributed by atoms with Gasteiger partial charge in [-0.05, 0) is 99.6 Å². The summed E-state index contributed by atoms with van der Waals surface area (Å²) >= 11 is 0. The summed E-state index contributed by atoms with van der Waals surface area (Å²) in [5.41, 5.74) is 1.45. The third kappa shape index (κ3) is 3.62. The van der Waals surface area contributed by atoms with Crippen LogP contribution in [0.4, 0.5) is 5.69 Å². The lowest BCUT2D eigenvalue weighted by molar-refractivity contribution is -0.140. The quantitative estimate of drug-likeness (QED) is 0.691. The van der Waals surface area contributed by atoms with E-state index >= 15 is 0 Å². The summed E-state index contributed by atoms with van der Waals surface area (Å²) in [7, 11) is -3.88. The maximum Gasteiger partial charge on any atom is 0.339 e. The Morgan fingerprint density at radius 1 is 0.900 bits per heavy atom. The summed E-state index contributed by atoms with van der Waals surface area (Å²) < 4.78 is 30.1. The number of aryl methyl sites for hydroxylation is 1. The Kier molecular flexibility index (Phi) is 4.65. The molecular formula is C24H27NO4S. The predicted molar refractivity (Wildman–Crippen MR) is 115 cm³/mol. The van der Waals surface area contributed by atoms with Gasteiger partial charge in [0.25, 0.3) is 0 Å². The van der Waals surface area contributed by atoms with E-state index in [2.05, 4.69) is 5.32 Å². The zero-order valence-electron chi connectivity index (χ0n) is 17.1. The van der Waals surface area contributed by atoms with Crippen molar-refractivity contribution < 1.29 is 17.4 Å². The average Bonchev–Trinajstić information content (AvgIpc) is 2.68. The molecule has 0 atom stereocenters. The molecule has 5 nitrogen and oxygen atoms in total. The van der Waals surface area contributed by atoms with Crippen LogP contribution in [-0.4, -0.2) is 14.3 Å². The lowest BCUT2D eigenvalue weighted by Crippen LogP contribution is -2.51. The number of hydrogen-bond acceptors (Lipinski definition) is 4. The monoisotopic (exact) mass is 425 g/mol. The van der Waals surface area contributed by atoms with Crippen molar-refractivity contribution in [3.05, 3.63) is 54.1 Å². The van der Waals surface area contributed by atoms with Crippen molar-refractivity contribution in [2.75, 3.05) is 5.32 Å². The SMILES string of the molecule is Cc1ccc(S(=O)(=O)Oc2ccc(NC(=O)C34CC5CC(CC(C5)C3)C4)cc2)cc1. The molecule has 4 saturated carbocycles. The molecule has 0 saturated heterocycles. The van der Waals surface area contributed by atoms with Crippen LogP contribution in [0.15, 0.2) is 53.4 Å². The minimum Gasteiger partial charge on any atom is -0.379 e. The number of benzene rings is 2. The highest BCUT2D eigenvalue weighted by Crippen LogP contribution is 2.60. The molecule has 158 valence electrons. The summed E-state index contributed by atoms with van der Waals surface area (Å²) in [5, 5.41) is 3.08. The largest absolute Gasteiger partial charge is 0.379 e. The summed E-state index contributed by atoms with van der Waals surface area (Å²) in [6.45, 7) is 1.90. The first-order valence-electron chi connectivity index (χ1n) is 10.7. The van der Waals surface area contributed by atoms with Gasteiger partial charge < -0.3 is 9.50 Å². The Labute approximate surface area is 178 Å². The Balaban J connectivity index is 1.26. The van der Waals surface area contributed by atoms with E-state index in [-0.39, 0.29) is 22.0 Å². The number of anilines is 1. The molecule has 1 N–H and O–H groups in total. The highest BCUT2D eigenvalue weighted by molar-refractivity contribution is 7.87. The first kappa shape index (κ1) is 19.6. The normalized spacial score (nSPS) is 29.6. The van der Waals surface area contributed by atoms with Gasteiger partial charge in [0, 0.05) is 5.69 Å². The van der Waals surface area contributed by atoms with E-state index in [0.717, 1.165) is 24.8 Å². The molecule has 0 heterocycles. The summed E-state index contributed by atoms with van der Waals surface area (Å²) in [5.74, 6) is 2.49. The van der Waals surface area contributed by atoms with E-state index in [4.69, 9.17) is 4.18 Å². The predicted octanol–water partition coefficient (Wildman–Crippen LogP) is 4.92. The average molecular weight is 426 g/mol. The Bertz CT molecular complexity index is 1020. The van der Waals surface area contributed by atoms with Crippen LogP contribution < -0.4 is 9.50 Å². The van der Waals surface area contributed by atoms with Gasteiger partial charge >= 0.3 is 10.1 Å². The lowest BCUT2D eigenvalue weighted by Gasteiger charge is -2.55. The Hall–Kier alpha value is -2.34. The van der Waals surface area contributed by atoms with Gasteiger partial charge in [-0.3, -0.25) is 4.79 Å². The van der Waals surface area contributed by atoms with Gasteiger partial charge in [0.05, 0.1) is 5.41 Å². The third-order valence-electron chi connectivity index (χ3n) is 7.15. The summed E-state index contributed by atoms with van der Waals surface area (Å²) in [6.07, 6.45) is 6.94. The van der Waals surface area contributed by atoms with Gasteiger partial charge in [0.2, 0.25) is 5.91 Å². The lowest BCUT2D eigenvalue weighted by atomic mass is 9.49. The van der Waals surface area contributed by atoms with Gasteiger partial charge in [0.15, 0.2) is 0 Å². The second kappa shape index (κ2) is 7.12. The second-order valence-corrected chi connectivity index (χ2v) is 11.1. The number of amides is 1. The first-order chi connectivity index (χ1) is 14.3. The molecule has 4 fully saturated rings. The minimum atomic E-state index is -3.88. The number of carbonyl (C=O) groups excluding carboxylic acids is 1. The van der Waals surface area contributed by atoms with Crippen molar-refractivity contribution in [2.24, 2.45) is 23.2 Å². The van der Waals surface area contributed by atoms with Crippen LogP contribution in [0.25, 0.3) is 0 Å². The van der Waals surface area contributed by atoms with Crippen molar-refractivity contribution >= 4 is 21.7 Å². The maximum absolute atomic E-state index is 13.2.